The van der Waals surface area contributed by atoms with E-state index in [0.29, 0.717) is 24.6 Å². The lowest BCUT2D eigenvalue weighted by molar-refractivity contribution is 0.0950. The molecule has 0 fully saturated rings. The zero-order valence-corrected chi connectivity index (χ0v) is 10.9. The first-order valence-corrected chi connectivity index (χ1v) is 6.03. The van der Waals surface area contributed by atoms with Crippen LogP contribution >= 0.6 is 0 Å². The number of carbonyl (C=O) groups excluding carboxylic acids is 1. The van der Waals surface area contributed by atoms with Crippen LogP contribution in [0.3, 0.4) is 0 Å². The summed E-state index contributed by atoms with van der Waals surface area (Å²) in [6.45, 7) is 2.99. The molecule has 19 heavy (non-hydrogen) atoms. The molecule has 0 aliphatic rings. The number of nitrogens with one attached hydrogen (secondary N) is 2. The first-order chi connectivity index (χ1) is 9.19. The standard InChI is InChI=1S/C12H16N6O/c1-3-13-12(19)10-4-5-11(16-15-10)14-8-9-6-7-18(2)17-9/h4-7H,3,8H2,1-2H3,(H,13,19)(H,14,16). The fourth-order valence-electron chi connectivity index (χ4n) is 1.54. The van der Waals surface area contributed by atoms with Crippen molar-refractivity contribution < 1.29 is 4.79 Å². The third-order valence-electron chi connectivity index (χ3n) is 2.45. The maximum atomic E-state index is 11.5. The van der Waals surface area contributed by atoms with Gasteiger partial charge in [0.05, 0.1) is 12.2 Å². The summed E-state index contributed by atoms with van der Waals surface area (Å²) in [5, 5.41) is 17.8. The van der Waals surface area contributed by atoms with Gasteiger partial charge in [0.1, 0.15) is 5.82 Å². The molecule has 0 unspecified atom stereocenters. The predicted octanol–water partition coefficient (Wildman–Crippen LogP) is 0.572. The molecule has 1 amide bonds. The van der Waals surface area contributed by atoms with Gasteiger partial charge in [-0.25, -0.2) is 0 Å². The van der Waals surface area contributed by atoms with Crippen molar-refractivity contribution in [3.05, 3.63) is 35.8 Å². The third-order valence-corrected chi connectivity index (χ3v) is 2.45. The van der Waals surface area contributed by atoms with Crippen molar-refractivity contribution in [1.29, 1.82) is 0 Å². The van der Waals surface area contributed by atoms with Gasteiger partial charge in [0.2, 0.25) is 0 Å². The second-order valence-electron chi connectivity index (χ2n) is 4.00. The molecule has 2 heterocycles. The van der Waals surface area contributed by atoms with E-state index >= 15 is 0 Å². The molecule has 0 aliphatic heterocycles. The van der Waals surface area contributed by atoms with Crippen molar-refractivity contribution in [1.82, 2.24) is 25.3 Å². The van der Waals surface area contributed by atoms with Crippen LogP contribution in [0.4, 0.5) is 5.82 Å². The van der Waals surface area contributed by atoms with Crippen molar-refractivity contribution in [3.63, 3.8) is 0 Å². The summed E-state index contributed by atoms with van der Waals surface area (Å²) in [4.78, 5) is 11.5. The molecule has 0 bridgehead atoms. The summed E-state index contributed by atoms with van der Waals surface area (Å²) >= 11 is 0. The SMILES string of the molecule is CCNC(=O)c1ccc(NCc2ccn(C)n2)nn1. The first kappa shape index (κ1) is 13.0. The van der Waals surface area contributed by atoms with E-state index in [1.165, 1.54) is 0 Å². The van der Waals surface area contributed by atoms with E-state index in [-0.39, 0.29) is 5.91 Å². The van der Waals surface area contributed by atoms with E-state index in [1.807, 2.05) is 26.2 Å². The lowest BCUT2D eigenvalue weighted by Crippen LogP contribution is -2.24. The summed E-state index contributed by atoms with van der Waals surface area (Å²) in [7, 11) is 1.87. The summed E-state index contributed by atoms with van der Waals surface area (Å²) in [6.07, 6.45) is 1.88. The Bertz CT molecular complexity index is 548. The number of nitrogens with zero attached hydrogens (tertiary/aromatic N) is 4. The van der Waals surface area contributed by atoms with Crippen LogP contribution in [0.2, 0.25) is 0 Å². The summed E-state index contributed by atoms with van der Waals surface area (Å²) in [6, 6.07) is 5.28. The Morgan fingerprint density at radius 1 is 1.32 bits per heavy atom. The molecular formula is C12H16N6O. The van der Waals surface area contributed by atoms with Crippen LogP contribution < -0.4 is 10.6 Å². The van der Waals surface area contributed by atoms with Crippen LogP contribution in [-0.4, -0.2) is 32.4 Å². The van der Waals surface area contributed by atoms with Crippen LogP contribution in [0.5, 0.6) is 0 Å². The summed E-state index contributed by atoms with van der Waals surface area (Å²) in [5.74, 6) is 0.393. The summed E-state index contributed by atoms with van der Waals surface area (Å²) < 4.78 is 1.74. The van der Waals surface area contributed by atoms with Crippen LogP contribution in [0.1, 0.15) is 23.1 Å². The quantitative estimate of drug-likeness (QED) is 0.821. The fourth-order valence-corrected chi connectivity index (χ4v) is 1.54. The summed E-state index contributed by atoms with van der Waals surface area (Å²) in [5.41, 5.74) is 1.22. The Kier molecular flexibility index (Phi) is 4.07. The van der Waals surface area contributed by atoms with Crippen LogP contribution in [0, 0.1) is 0 Å². The van der Waals surface area contributed by atoms with Crippen molar-refractivity contribution >= 4 is 11.7 Å². The van der Waals surface area contributed by atoms with Gasteiger partial charge in [-0.3, -0.25) is 9.48 Å². The monoisotopic (exact) mass is 260 g/mol. The average Bonchev–Trinajstić information content (AvgIpc) is 2.83. The molecule has 7 heteroatoms. The lowest BCUT2D eigenvalue weighted by atomic mass is 10.3. The number of aryl methyl sites for hydroxylation is 1. The Hall–Kier alpha value is -2.44. The Morgan fingerprint density at radius 3 is 2.74 bits per heavy atom. The minimum Gasteiger partial charge on any atom is -0.363 e. The number of rotatable bonds is 5. The van der Waals surface area contributed by atoms with E-state index in [1.54, 1.807) is 16.8 Å². The molecular weight excluding hydrogens is 244 g/mol. The number of anilines is 1. The van der Waals surface area contributed by atoms with Gasteiger partial charge in [-0.05, 0) is 25.1 Å². The predicted molar refractivity (Wildman–Crippen MR) is 70.6 cm³/mol. The molecule has 0 spiro atoms. The topological polar surface area (TPSA) is 84.7 Å². The Morgan fingerprint density at radius 2 is 2.16 bits per heavy atom. The molecule has 2 rings (SSSR count). The largest absolute Gasteiger partial charge is 0.363 e. The maximum absolute atomic E-state index is 11.5. The van der Waals surface area contributed by atoms with Crippen LogP contribution in [-0.2, 0) is 13.6 Å². The normalized spacial score (nSPS) is 10.2. The van der Waals surface area contributed by atoms with Crippen molar-refractivity contribution in [3.8, 4) is 0 Å². The second kappa shape index (κ2) is 5.94. The molecule has 0 aromatic carbocycles. The number of hydrogen-bond donors (Lipinski definition) is 2. The highest BCUT2D eigenvalue weighted by Crippen LogP contribution is 2.04. The van der Waals surface area contributed by atoms with Crippen molar-refractivity contribution in [2.45, 2.75) is 13.5 Å². The molecule has 0 atom stereocenters. The zero-order chi connectivity index (χ0) is 13.7. The molecule has 7 nitrogen and oxygen atoms in total. The van der Waals surface area contributed by atoms with Crippen molar-refractivity contribution in [2.24, 2.45) is 7.05 Å². The van der Waals surface area contributed by atoms with Gasteiger partial charge in [0.15, 0.2) is 5.69 Å². The van der Waals surface area contributed by atoms with Crippen LogP contribution in [0.15, 0.2) is 24.4 Å². The van der Waals surface area contributed by atoms with E-state index in [9.17, 15) is 4.79 Å². The third kappa shape index (κ3) is 3.51. The number of carbonyl (C=O) groups is 1. The molecule has 2 N–H and O–H groups in total. The highest BCUT2D eigenvalue weighted by atomic mass is 16.1. The highest BCUT2D eigenvalue weighted by Gasteiger charge is 2.06. The van der Waals surface area contributed by atoms with Crippen LogP contribution in [0.25, 0.3) is 0 Å². The molecule has 100 valence electrons. The molecule has 0 saturated heterocycles. The molecule has 0 saturated carbocycles. The number of aromatic nitrogens is 4. The van der Waals surface area contributed by atoms with E-state index in [2.05, 4.69) is 25.9 Å². The van der Waals surface area contributed by atoms with Gasteiger partial charge in [0, 0.05) is 19.8 Å². The second-order valence-corrected chi connectivity index (χ2v) is 4.00. The van der Waals surface area contributed by atoms with Gasteiger partial charge in [-0.1, -0.05) is 0 Å². The van der Waals surface area contributed by atoms with E-state index in [4.69, 9.17) is 0 Å². The average molecular weight is 260 g/mol. The van der Waals surface area contributed by atoms with Gasteiger partial charge in [0.25, 0.3) is 5.91 Å². The highest BCUT2D eigenvalue weighted by molar-refractivity contribution is 5.92. The lowest BCUT2D eigenvalue weighted by Gasteiger charge is -2.04. The minimum atomic E-state index is -0.216. The number of amides is 1. The van der Waals surface area contributed by atoms with Gasteiger partial charge in [-0.15, -0.1) is 10.2 Å². The Balaban J connectivity index is 1.93. The van der Waals surface area contributed by atoms with Gasteiger partial charge >= 0.3 is 0 Å². The van der Waals surface area contributed by atoms with E-state index in [0.717, 1.165) is 5.69 Å². The zero-order valence-electron chi connectivity index (χ0n) is 10.9. The Labute approximate surface area is 111 Å². The van der Waals surface area contributed by atoms with E-state index < -0.39 is 0 Å². The maximum Gasteiger partial charge on any atom is 0.271 e. The molecule has 0 radical (unpaired) electrons. The molecule has 2 aromatic rings. The van der Waals surface area contributed by atoms with Gasteiger partial charge < -0.3 is 10.6 Å². The van der Waals surface area contributed by atoms with Gasteiger partial charge in [-0.2, -0.15) is 5.10 Å². The van der Waals surface area contributed by atoms with Crippen molar-refractivity contribution in [2.75, 3.05) is 11.9 Å². The molecule has 0 aliphatic carbocycles. The molecule has 2 aromatic heterocycles. The first-order valence-electron chi connectivity index (χ1n) is 6.03. The fraction of sp³-hybridized carbons (Fsp3) is 0.333. The number of hydrogen-bond acceptors (Lipinski definition) is 5. The smallest absolute Gasteiger partial charge is 0.271 e. The minimum absolute atomic E-state index is 0.216.